The highest BCUT2D eigenvalue weighted by atomic mass is 35.5. The molecule has 2 N–H and O–H groups in total. The number of nitrogen functional groups attached to an aromatic ring is 1. The summed E-state index contributed by atoms with van der Waals surface area (Å²) < 4.78 is 1.74. The second-order valence-electron chi connectivity index (χ2n) is 5.64. The Labute approximate surface area is 160 Å². The van der Waals surface area contributed by atoms with Crippen molar-refractivity contribution in [2.45, 2.75) is 0 Å². The fourth-order valence-electron chi connectivity index (χ4n) is 2.72. The smallest absolute Gasteiger partial charge is 0.135 e. The molecule has 0 aliphatic heterocycles. The van der Waals surface area contributed by atoms with Crippen molar-refractivity contribution in [2.75, 3.05) is 5.73 Å². The fourth-order valence-corrected chi connectivity index (χ4v) is 3.03. The maximum atomic E-state index is 6.14. The van der Waals surface area contributed by atoms with Crippen molar-refractivity contribution in [1.29, 1.82) is 0 Å². The summed E-state index contributed by atoms with van der Waals surface area (Å²) in [5.74, 6) is 0.396. The second-order valence-corrected chi connectivity index (χ2v) is 6.52. The van der Waals surface area contributed by atoms with E-state index in [2.05, 4.69) is 15.1 Å². The van der Waals surface area contributed by atoms with Gasteiger partial charge in [0.1, 0.15) is 12.1 Å². The van der Waals surface area contributed by atoms with Crippen molar-refractivity contribution < 1.29 is 0 Å². The van der Waals surface area contributed by atoms with E-state index < -0.39 is 0 Å². The monoisotopic (exact) mass is 381 g/mol. The van der Waals surface area contributed by atoms with Gasteiger partial charge in [-0.2, -0.15) is 5.10 Å². The summed E-state index contributed by atoms with van der Waals surface area (Å²) in [5, 5.41) is 5.72. The third-order valence-corrected chi connectivity index (χ3v) is 4.43. The number of aromatic nitrogens is 4. The molecule has 2 aromatic carbocycles. The zero-order chi connectivity index (χ0) is 18.1. The molecule has 0 unspecified atom stereocenters. The van der Waals surface area contributed by atoms with E-state index in [4.69, 9.17) is 28.9 Å². The number of benzene rings is 2. The van der Waals surface area contributed by atoms with E-state index >= 15 is 0 Å². The summed E-state index contributed by atoms with van der Waals surface area (Å²) in [6.07, 6.45) is 5.07. The molecular weight excluding hydrogens is 369 g/mol. The normalized spacial score (nSPS) is 10.8. The lowest BCUT2D eigenvalue weighted by molar-refractivity contribution is 0.881. The average Bonchev–Trinajstić information content (AvgIpc) is 3.12. The number of hydrogen-bond donors (Lipinski definition) is 1. The standard InChI is InChI=1S/C19H13Cl2N5/c20-14-6-4-12(5-7-14)17-18(23-11-24-19(17)22)13-9-25-26(10-13)16-3-1-2-15(21)8-16/h1-11H,(H2,22,23,24). The molecule has 0 fully saturated rings. The maximum Gasteiger partial charge on any atom is 0.135 e. The van der Waals surface area contributed by atoms with Gasteiger partial charge in [-0.05, 0) is 35.9 Å². The molecule has 0 radical (unpaired) electrons. The van der Waals surface area contributed by atoms with Crippen molar-refractivity contribution in [2.24, 2.45) is 0 Å². The van der Waals surface area contributed by atoms with Gasteiger partial charge in [0, 0.05) is 21.8 Å². The Morgan fingerprint density at radius 2 is 1.69 bits per heavy atom. The number of anilines is 1. The predicted molar refractivity (Wildman–Crippen MR) is 104 cm³/mol. The van der Waals surface area contributed by atoms with Crippen LogP contribution >= 0.6 is 23.2 Å². The van der Waals surface area contributed by atoms with E-state index in [1.807, 2.05) is 54.7 Å². The molecule has 2 heterocycles. The first-order valence-electron chi connectivity index (χ1n) is 7.79. The molecule has 26 heavy (non-hydrogen) atoms. The van der Waals surface area contributed by atoms with Crippen molar-refractivity contribution in [3.63, 3.8) is 0 Å². The van der Waals surface area contributed by atoms with Gasteiger partial charge in [-0.25, -0.2) is 14.6 Å². The van der Waals surface area contributed by atoms with E-state index in [1.165, 1.54) is 6.33 Å². The molecule has 0 atom stereocenters. The van der Waals surface area contributed by atoms with Crippen LogP contribution in [-0.4, -0.2) is 19.7 Å². The van der Waals surface area contributed by atoms with Crippen LogP contribution in [0.1, 0.15) is 0 Å². The van der Waals surface area contributed by atoms with Gasteiger partial charge < -0.3 is 5.73 Å². The van der Waals surface area contributed by atoms with Crippen LogP contribution < -0.4 is 5.73 Å². The molecule has 4 rings (SSSR count). The van der Waals surface area contributed by atoms with Crippen LogP contribution in [0.3, 0.4) is 0 Å². The highest BCUT2D eigenvalue weighted by molar-refractivity contribution is 6.31. The lowest BCUT2D eigenvalue weighted by atomic mass is 10.0. The van der Waals surface area contributed by atoms with Gasteiger partial charge in [-0.15, -0.1) is 0 Å². The second kappa shape index (κ2) is 6.78. The summed E-state index contributed by atoms with van der Waals surface area (Å²) in [6.45, 7) is 0. The molecule has 0 bridgehead atoms. The van der Waals surface area contributed by atoms with Gasteiger partial charge in [0.05, 0.1) is 23.1 Å². The Morgan fingerprint density at radius 1 is 0.885 bits per heavy atom. The highest BCUT2D eigenvalue weighted by Gasteiger charge is 2.15. The van der Waals surface area contributed by atoms with E-state index in [0.29, 0.717) is 21.6 Å². The summed E-state index contributed by atoms with van der Waals surface area (Å²) >= 11 is 12.1. The van der Waals surface area contributed by atoms with Crippen LogP contribution in [0.2, 0.25) is 10.0 Å². The van der Waals surface area contributed by atoms with Crippen LogP contribution in [0.5, 0.6) is 0 Å². The number of nitrogens with two attached hydrogens (primary N) is 1. The van der Waals surface area contributed by atoms with Gasteiger partial charge in [-0.3, -0.25) is 0 Å². The topological polar surface area (TPSA) is 69.6 Å². The van der Waals surface area contributed by atoms with E-state index in [9.17, 15) is 0 Å². The van der Waals surface area contributed by atoms with E-state index in [-0.39, 0.29) is 0 Å². The lowest BCUT2D eigenvalue weighted by Gasteiger charge is -2.09. The van der Waals surface area contributed by atoms with Crippen LogP contribution in [-0.2, 0) is 0 Å². The van der Waals surface area contributed by atoms with Crippen molar-refractivity contribution >= 4 is 29.0 Å². The Bertz CT molecular complexity index is 1070. The summed E-state index contributed by atoms with van der Waals surface area (Å²) in [7, 11) is 0. The van der Waals surface area contributed by atoms with Crippen LogP contribution in [0, 0.1) is 0 Å². The Hall–Kier alpha value is -2.89. The minimum atomic E-state index is 0.396. The number of halogens is 2. The Morgan fingerprint density at radius 3 is 2.46 bits per heavy atom. The molecule has 2 aromatic heterocycles. The van der Waals surface area contributed by atoms with E-state index in [1.54, 1.807) is 10.9 Å². The van der Waals surface area contributed by atoms with Gasteiger partial charge in [0.25, 0.3) is 0 Å². The van der Waals surface area contributed by atoms with Gasteiger partial charge in [0.15, 0.2) is 0 Å². The molecule has 0 aliphatic rings. The third-order valence-electron chi connectivity index (χ3n) is 3.94. The summed E-state index contributed by atoms with van der Waals surface area (Å²) in [4.78, 5) is 8.56. The van der Waals surface area contributed by atoms with Crippen molar-refractivity contribution in [3.05, 3.63) is 77.3 Å². The van der Waals surface area contributed by atoms with Crippen LogP contribution in [0.25, 0.3) is 28.1 Å². The average molecular weight is 382 g/mol. The third kappa shape index (κ3) is 3.14. The van der Waals surface area contributed by atoms with Gasteiger partial charge >= 0.3 is 0 Å². The first-order chi connectivity index (χ1) is 12.6. The zero-order valence-corrected chi connectivity index (χ0v) is 15.0. The van der Waals surface area contributed by atoms with Crippen molar-refractivity contribution in [3.8, 4) is 28.1 Å². The molecule has 0 spiro atoms. The number of rotatable bonds is 3. The lowest BCUT2D eigenvalue weighted by Crippen LogP contribution is -1.99. The zero-order valence-electron chi connectivity index (χ0n) is 13.5. The molecule has 0 amide bonds. The first-order valence-corrected chi connectivity index (χ1v) is 8.55. The minimum Gasteiger partial charge on any atom is -0.383 e. The molecule has 5 nitrogen and oxygen atoms in total. The summed E-state index contributed by atoms with van der Waals surface area (Å²) in [5.41, 5.74) is 10.2. The largest absolute Gasteiger partial charge is 0.383 e. The molecule has 0 aliphatic carbocycles. The first kappa shape index (κ1) is 16.6. The fraction of sp³-hybridized carbons (Fsp3) is 0. The SMILES string of the molecule is Nc1ncnc(-c2cnn(-c3cccc(Cl)c3)c2)c1-c1ccc(Cl)cc1. The van der Waals surface area contributed by atoms with E-state index in [0.717, 1.165) is 22.4 Å². The minimum absolute atomic E-state index is 0.396. The highest BCUT2D eigenvalue weighted by Crippen LogP contribution is 2.34. The molecule has 4 aromatic rings. The molecule has 7 heteroatoms. The molecular formula is C19H13Cl2N5. The number of nitrogens with zero attached hydrogens (tertiary/aromatic N) is 4. The Kier molecular flexibility index (Phi) is 4.32. The number of hydrogen-bond acceptors (Lipinski definition) is 4. The molecule has 0 saturated carbocycles. The Balaban J connectivity index is 1.82. The van der Waals surface area contributed by atoms with Crippen LogP contribution in [0.15, 0.2) is 67.3 Å². The molecule has 128 valence electrons. The van der Waals surface area contributed by atoms with Gasteiger partial charge in [-0.1, -0.05) is 41.4 Å². The quantitative estimate of drug-likeness (QED) is 0.548. The van der Waals surface area contributed by atoms with Crippen LogP contribution in [0.4, 0.5) is 5.82 Å². The van der Waals surface area contributed by atoms with Crippen molar-refractivity contribution in [1.82, 2.24) is 19.7 Å². The summed E-state index contributed by atoms with van der Waals surface area (Å²) in [6, 6.07) is 14.9. The maximum absolute atomic E-state index is 6.14. The molecule has 0 saturated heterocycles. The predicted octanol–water partition coefficient (Wildman–Crippen LogP) is 4.89. The van der Waals surface area contributed by atoms with Gasteiger partial charge in [0.2, 0.25) is 0 Å².